The molecule has 0 aromatic heterocycles. The van der Waals surface area contributed by atoms with Crippen LogP contribution in [0, 0.1) is 11.8 Å². The second-order valence-electron chi connectivity index (χ2n) is 13.9. The molecule has 272 valence electrons. The number of allylic oxidation sites excluding steroid dienone is 2. The van der Waals surface area contributed by atoms with Crippen molar-refractivity contribution in [2.75, 3.05) is 33.3 Å². The fraction of sp³-hybridized carbons (Fsp3) is 0.743. The third-order valence-corrected chi connectivity index (χ3v) is 9.85. The first kappa shape index (κ1) is 39.5. The summed E-state index contributed by atoms with van der Waals surface area (Å²) in [5, 5.41) is 41.1. The molecule has 3 aliphatic heterocycles. The van der Waals surface area contributed by atoms with Gasteiger partial charge in [0.15, 0.2) is 6.10 Å². The summed E-state index contributed by atoms with van der Waals surface area (Å²) in [6.45, 7) is 11.7. The van der Waals surface area contributed by atoms with E-state index >= 15 is 0 Å². The average molecular weight is 681 g/mol. The van der Waals surface area contributed by atoms with Gasteiger partial charge in [-0.1, -0.05) is 45.1 Å². The van der Waals surface area contributed by atoms with Crippen LogP contribution in [0.15, 0.2) is 36.0 Å². The zero-order valence-electron chi connectivity index (χ0n) is 29.4. The minimum Gasteiger partial charge on any atom is -0.465 e. The predicted molar refractivity (Wildman–Crippen MR) is 177 cm³/mol. The van der Waals surface area contributed by atoms with Crippen molar-refractivity contribution in [3.63, 3.8) is 0 Å². The zero-order chi connectivity index (χ0) is 35.8. The van der Waals surface area contributed by atoms with Gasteiger partial charge in [0, 0.05) is 51.5 Å². The van der Waals surface area contributed by atoms with Gasteiger partial charge >= 0.3 is 18.2 Å². The standard InChI is InChI=1S/C35H56N2O11/c1-8-26(39)24(4)31-27(46-31)21-34(5,44)14-9-10-22(2)30-23(3)11-12-28(35(6,45-7)15-13-25(38)20-29(40)48-30)47-33(43)37-18-16-36(17-19-37)32(41)42/h9-12,14,23-28,30-31,38-39,44H,8,13,15-21H2,1-7H3,(H,41,42)/b12-11+,14-9+,22-10+/t23-,24+,25+,26-,27+,28-,30+,31+,34-,35+/m0/s1. The van der Waals surface area contributed by atoms with Crippen molar-refractivity contribution < 1.29 is 53.8 Å². The van der Waals surface area contributed by atoms with Crippen molar-refractivity contribution in [3.05, 3.63) is 36.0 Å². The third kappa shape index (κ3) is 11.0. The molecule has 3 aliphatic rings. The van der Waals surface area contributed by atoms with Crippen molar-refractivity contribution in [1.29, 1.82) is 0 Å². The van der Waals surface area contributed by atoms with E-state index in [-0.39, 0.29) is 69.5 Å². The minimum absolute atomic E-state index is 0.0230. The topological polar surface area (TPSA) is 179 Å². The summed E-state index contributed by atoms with van der Waals surface area (Å²) in [4.78, 5) is 40.1. The van der Waals surface area contributed by atoms with Gasteiger partial charge in [-0.3, -0.25) is 4.79 Å². The predicted octanol–water partition coefficient (Wildman–Crippen LogP) is 3.66. The van der Waals surface area contributed by atoms with E-state index in [1.54, 1.807) is 44.2 Å². The second kappa shape index (κ2) is 17.1. The van der Waals surface area contributed by atoms with Crippen molar-refractivity contribution in [2.45, 2.75) is 121 Å². The number of aliphatic hydroxyl groups excluding tert-OH is 2. The number of methoxy groups -OCH3 is 1. The number of carboxylic acid groups (broad SMARTS) is 1. The molecule has 0 bridgehead atoms. The molecule has 3 rings (SSSR count). The Hall–Kier alpha value is -2.97. The number of amides is 2. The van der Waals surface area contributed by atoms with Crippen LogP contribution in [0.4, 0.5) is 9.59 Å². The van der Waals surface area contributed by atoms with Crippen LogP contribution in [0.2, 0.25) is 0 Å². The molecule has 3 heterocycles. The zero-order valence-corrected chi connectivity index (χ0v) is 29.4. The number of aliphatic hydroxyl groups is 3. The van der Waals surface area contributed by atoms with E-state index in [1.807, 2.05) is 27.7 Å². The van der Waals surface area contributed by atoms with Gasteiger partial charge in [0.05, 0.1) is 36.4 Å². The number of carbonyl (C=O) groups excluding carboxylic acids is 2. The van der Waals surface area contributed by atoms with Crippen LogP contribution < -0.4 is 0 Å². The van der Waals surface area contributed by atoms with E-state index < -0.39 is 53.8 Å². The first-order valence-corrected chi connectivity index (χ1v) is 17.0. The van der Waals surface area contributed by atoms with E-state index in [1.165, 1.54) is 16.9 Å². The first-order chi connectivity index (χ1) is 22.5. The monoisotopic (exact) mass is 680 g/mol. The lowest BCUT2D eigenvalue weighted by Crippen LogP contribution is -2.52. The highest BCUT2D eigenvalue weighted by molar-refractivity contribution is 5.71. The van der Waals surface area contributed by atoms with Crippen molar-refractivity contribution >= 4 is 18.2 Å². The molecule has 0 saturated carbocycles. The van der Waals surface area contributed by atoms with Gasteiger partial charge < -0.3 is 49.2 Å². The number of hydrogen-bond acceptors (Lipinski definition) is 10. The number of piperazine rings is 1. The minimum atomic E-state index is -1.17. The number of nitrogens with zero attached hydrogens (tertiary/aromatic N) is 2. The van der Waals surface area contributed by atoms with E-state index in [4.69, 9.17) is 18.9 Å². The Kier molecular flexibility index (Phi) is 14.1. The Morgan fingerprint density at radius 2 is 1.85 bits per heavy atom. The third-order valence-electron chi connectivity index (χ3n) is 9.85. The number of carbonyl (C=O) groups is 3. The molecule has 2 saturated heterocycles. The number of epoxide rings is 1. The van der Waals surface area contributed by atoms with Gasteiger partial charge in [-0.25, -0.2) is 9.59 Å². The summed E-state index contributed by atoms with van der Waals surface area (Å²) >= 11 is 0. The highest BCUT2D eigenvalue weighted by atomic mass is 16.6. The first-order valence-electron chi connectivity index (χ1n) is 17.0. The molecule has 0 aromatic rings. The smallest absolute Gasteiger partial charge is 0.410 e. The molecule has 0 spiro atoms. The maximum atomic E-state index is 13.2. The lowest BCUT2D eigenvalue weighted by atomic mass is 9.88. The van der Waals surface area contributed by atoms with E-state index in [0.29, 0.717) is 18.4 Å². The summed E-state index contributed by atoms with van der Waals surface area (Å²) in [5.41, 5.74) is -1.52. The summed E-state index contributed by atoms with van der Waals surface area (Å²) < 4.78 is 23.4. The Morgan fingerprint density at radius 1 is 1.21 bits per heavy atom. The Morgan fingerprint density at radius 3 is 2.46 bits per heavy atom. The van der Waals surface area contributed by atoms with Crippen molar-refractivity contribution in [2.24, 2.45) is 11.8 Å². The Labute approximate surface area is 284 Å². The van der Waals surface area contributed by atoms with Crippen LogP contribution >= 0.6 is 0 Å². The van der Waals surface area contributed by atoms with Gasteiger partial charge in [-0.05, 0) is 51.7 Å². The average Bonchev–Trinajstić information content (AvgIpc) is 3.80. The molecular weight excluding hydrogens is 624 g/mol. The molecule has 48 heavy (non-hydrogen) atoms. The van der Waals surface area contributed by atoms with E-state index in [2.05, 4.69) is 0 Å². The maximum absolute atomic E-state index is 13.2. The summed E-state index contributed by atoms with van der Waals surface area (Å²) in [5.74, 6) is -0.964. The number of esters is 1. The molecular formula is C35H56N2O11. The molecule has 2 fully saturated rings. The highest BCUT2D eigenvalue weighted by Gasteiger charge is 2.47. The van der Waals surface area contributed by atoms with Crippen molar-refractivity contribution in [3.8, 4) is 0 Å². The number of hydrogen-bond donors (Lipinski definition) is 4. The number of ether oxygens (including phenoxy) is 4. The van der Waals surface area contributed by atoms with Crippen LogP contribution in [0.25, 0.3) is 0 Å². The van der Waals surface area contributed by atoms with Gasteiger partial charge in [-0.15, -0.1) is 0 Å². The largest absolute Gasteiger partial charge is 0.465 e. The molecule has 4 N–H and O–H groups in total. The molecule has 0 aromatic carbocycles. The molecule has 13 heteroatoms. The van der Waals surface area contributed by atoms with Crippen LogP contribution in [0.5, 0.6) is 0 Å². The Bertz CT molecular complexity index is 1190. The number of rotatable bonds is 10. The lowest BCUT2D eigenvalue weighted by molar-refractivity contribution is -0.151. The molecule has 10 atom stereocenters. The van der Waals surface area contributed by atoms with Crippen LogP contribution in [-0.4, -0.2) is 129 Å². The molecule has 0 unspecified atom stereocenters. The van der Waals surface area contributed by atoms with E-state index in [9.17, 15) is 34.8 Å². The maximum Gasteiger partial charge on any atom is 0.410 e. The summed E-state index contributed by atoms with van der Waals surface area (Å²) in [6.07, 6.45) is 4.95. The molecule has 0 aliphatic carbocycles. The summed E-state index contributed by atoms with van der Waals surface area (Å²) in [6, 6.07) is 0. The van der Waals surface area contributed by atoms with Crippen molar-refractivity contribution in [1.82, 2.24) is 9.80 Å². The van der Waals surface area contributed by atoms with Gasteiger partial charge in [0.1, 0.15) is 11.7 Å². The van der Waals surface area contributed by atoms with Gasteiger partial charge in [0.25, 0.3) is 0 Å². The van der Waals surface area contributed by atoms with Crippen LogP contribution in [-0.2, 0) is 23.7 Å². The molecule has 2 amide bonds. The van der Waals surface area contributed by atoms with Gasteiger partial charge in [-0.2, -0.15) is 0 Å². The normalized spacial score (nSPS) is 33.9. The van der Waals surface area contributed by atoms with Crippen LogP contribution in [0.3, 0.4) is 0 Å². The van der Waals surface area contributed by atoms with E-state index in [0.717, 1.165) is 0 Å². The second-order valence-corrected chi connectivity index (χ2v) is 13.9. The Balaban J connectivity index is 1.77. The SMILES string of the molecule is CC[C@H](O)[C@@H](C)[C@H]1O[C@@H]1C[C@@](C)(O)/C=C/C=C(\C)[C@H]1OC(=O)C[C@H](O)CC[C@@](C)(OC)[C@@H](OC(=O)N2CCN(C(=O)O)CC2)/C=C/[C@@H]1C. The number of cyclic esters (lactones) is 1. The highest BCUT2D eigenvalue weighted by Crippen LogP contribution is 2.37. The molecule has 0 radical (unpaired) electrons. The van der Waals surface area contributed by atoms with Gasteiger partial charge in [0.2, 0.25) is 0 Å². The summed E-state index contributed by atoms with van der Waals surface area (Å²) in [7, 11) is 1.50. The van der Waals surface area contributed by atoms with Crippen LogP contribution in [0.1, 0.15) is 73.6 Å². The quantitative estimate of drug-likeness (QED) is 0.115. The fourth-order valence-electron chi connectivity index (χ4n) is 6.27. The lowest BCUT2D eigenvalue weighted by Gasteiger charge is -2.38. The molecule has 13 nitrogen and oxygen atoms in total. The fourth-order valence-corrected chi connectivity index (χ4v) is 6.27.